The Hall–Kier alpha value is -9.85. The standard InChI is InChI=1S/C76H52N2Si2/c1-5-21-53(22-6-1)54-37-39-57(40-38-54)70-52-71(78-76(77-70)58-23-7-2-8-24-58)61-50-59(55-41-45-64(46-42-55)79(62-25-9-3-10-26-62)72-33-17-13-29-66(72)67-30-14-18-34-73(67)79)49-60(51-61)56-43-47-65(48-44-56)80(63-27-11-4-12-28-63)74-35-19-15-31-68(74)69-32-16-20-36-75(69)80/h1-52H. The highest BCUT2D eigenvalue weighted by Crippen LogP contribution is 2.37. The van der Waals surface area contributed by atoms with Gasteiger partial charge >= 0.3 is 0 Å². The molecule has 0 bridgehead atoms. The minimum Gasteiger partial charge on any atom is -0.228 e. The molecule has 0 fully saturated rings. The Labute approximate surface area is 469 Å². The lowest BCUT2D eigenvalue weighted by Gasteiger charge is -2.31. The molecule has 80 heavy (non-hydrogen) atoms. The second-order valence-corrected chi connectivity index (χ2v) is 28.6. The molecule has 3 heterocycles. The lowest BCUT2D eigenvalue weighted by molar-refractivity contribution is 1.18. The third-order valence-electron chi connectivity index (χ3n) is 16.9. The molecule has 0 aliphatic carbocycles. The molecule has 0 saturated heterocycles. The van der Waals surface area contributed by atoms with E-state index in [1.165, 1.54) is 74.9 Å². The largest absolute Gasteiger partial charge is 0.228 e. The van der Waals surface area contributed by atoms with Crippen molar-refractivity contribution in [1.29, 1.82) is 0 Å². The van der Waals surface area contributed by atoms with Gasteiger partial charge in [0.05, 0.1) is 11.4 Å². The van der Waals surface area contributed by atoms with Crippen LogP contribution in [0.1, 0.15) is 0 Å². The molecule has 0 radical (unpaired) electrons. The number of hydrogen-bond acceptors (Lipinski definition) is 2. The van der Waals surface area contributed by atoms with Crippen LogP contribution in [-0.4, -0.2) is 26.1 Å². The maximum atomic E-state index is 5.44. The number of hydrogen-bond donors (Lipinski definition) is 0. The number of nitrogens with zero attached hydrogens (tertiary/aromatic N) is 2. The number of aromatic nitrogens is 2. The molecule has 0 unspecified atom stereocenters. The Bertz CT molecular complexity index is 4140. The van der Waals surface area contributed by atoms with Crippen molar-refractivity contribution in [3.8, 4) is 89.5 Å². The van der Waals surface area contributed by atoms with Gasteiger partial charge in [0, 0.05) is 16.7 Å². The number of fused-ring (bicyclic) bond motifs is 6. The van der Waals surface area contributed by atoms with E-state index in [1.807, 2.05) is 6.07 Å². The average molecular weight is 1050 g/mol. The van der Waals surface area contributed by atoms with E-state index in [0.717, 1.165) is 50.3 Å². The van der Waals surface area contributed by atoms with Crippen molar-refractivity contribution >= 4 is 57.6 Å². The molecule has 0 saturated carbocycles. The van der Waals surface area contributed by atoms with Crippen LogP contribution < -0.4 is 41.5 Å². The molecule has 2 aliphatic rings. The highest BCUT2D eigenvalue weighted by Gasteiger charge is 2.49. The van der Waals surface area contributed by atoms with E-state index >= 15 is 0 Å². The smallest absolute Gasteiger partial charge is 0.180 e. The molecular weight excluding hydrogens is 997 g/mol. The minimum absolute atomic E-state index is 0.687. The summed E-state index contributed by atoms with van der Waals surface area (Å²) in [5.41, 5.74) is 17.0. The van der Waals surface area contributed by atoms with Crippen LogP contribution in [0.25, 0.3) is 89.5 Å². The maximum Gasteiger partial charge on any atom is 0.180 e. The molecule has 0 N–H and O–H groups in total. The molecule has 0 spiro atoms. The summed E-state index contributed by atoms with van der Waals surface area (Å²) < 4.78 is 0. The fraction of sp³-hybridized carbons (Fsp3) is 0. The van der Waals surface area contributed by atoms with Crippen LogP contribution >= 0.6 is 0 Å². The highest BCUT2D eigenvalue weighted by atomic mass is 28.3. The van der Waals surface area contributed by atoms with E-state index in [-0.39, 0.29) is 0 Å². The van der Waals surface area contributed by atoms with E-state index < -0.39 is 16.1 Å². The van der Waals surface area contributed by atoms with Crippen molar-refractivity contribution in [2.45, 2.75) is 0 Å². The molecule has 4 heteroatoms. The summed E-state index contributed by atoms with van der Waals surface area (Å²) in [5.74, 6) is 0.687. The van der Waals surface area contributed by atoms with Gasteiger partial charge in [-0.05, 0) is 121 Å². The van der Waals surface area contributed by atoms with Crippen LogP contribution in [0.3, 0.4) is 0 Å². The predicted octanol–water partition coefficient (Wildman–Crippen LogP) is 13.2. The van der Waals surface area contributed by atoms with Crippen molar-refractivity contribution in [2.24, 2.45) is 0 Å². The van der Waals surface area contributed by atoms with Crippen LogP contribution in [0.4, 0.5) is 0 Å². The van der Waals surface area contributed by atoms with Gasteiger partial charge in [-0.15, -0.1) is 0 Å². The van der Waals surface area contributed by atoms with Crippen molar-refractivity contribution in [3.63, 3.8) is 0 Å². The number of rotatable bonds is 10. The van der Waals surface area contributed by atoms with Gasteiger partial charge in [0.1, 0.15) is 0 Å². The van der Waals surface area contributed by atoms with E-state index in [2.05, 4.69) is 309 Å². The fourth-order valence-corrected chi connectivity index (χ4v) is 23.6. The molecule has 2 aliphatic heterocycles. The van der Waals surface area contributed by atoms with E-state index in [1.54, 1.807) is 0 Å². The zero-order valence-electron chi connectivity index (χ0n) is 43.9. The molecule has 2 nitrogen and oxygen atoms in total. The Morgan fingerprint density at radius 1 is 0.188 bits per heavy atom. The summed E-state index contributed by atoms with van der Waals surface area (Å²) >= 11 is 0. The van der Waals surface area contributed by atoms with Gasteiger partial charge in [0.2, 0.25) is 0 Å². The lowest BCUT2D eigenvalue weighted by atomic mass is 9.94. The topological polar surface area (TPSA) is 25.8 Å². The summed E-state index contributed by atoms with van der Waals surface area (Å²) in [5, 5.41) is 11.3. The minimum atomic E-state index is -2.68. The molecule has 12 aromatic carbocycles. The quantitative estimate of drug-likeness (QED) is 0.128. The van der Waals surface area contributed by atoms with Crippen molar-refractivity contribution in [2.75, 3.05) is 0 Å². The summed E-state index contributed by atoms with van der Waals surface area (Å²) in [6.07, 6.45) is 0. The normalized spacial score (nSPS) is 13.2. The van der Waals surface area contributed by atoms with E-state index in [9.17, 15) is 0 Å². The van der Waals surface area contributed by atoms with Crippen molar-refractivity contribution in [1.82, 2.24) is 9.97 Å². The first-order chi connectivity index (χ1) is 39.6. The van der Waals surface area contributed by atoms with Gasteiger partial charge in [-0.1, -0.05) is 291 Å². The molecule has 374 valence electrons. The Balaban J connectivity index is 0.909. The summed E-state index contributed by atoms with van der Waals surface area (Å²) in [6.45, 7) is 0. The zero-order chi connectivity index (χ0) is 53.0. The highest BCUT2D eigenvalue weighted by molar-refractivity contribution is 7.23. The second-order valence-electron chi connectivity index (χ2n) is 21.1. The average Bonchev–Trinajstić information content (AvgIpc) is 4.26. The van der Waals surface area contributed by atoms with Crippen LogP contribution in [0, 0.1) is 0 Å². The van der Waals surface area contributed by atoms with Gasteiger partial charge in [-0.2, -0.15) is 0 Å². The Morgan fingerprint density at radius 2 is 0.463 bits per heavy atom. The Kier molecular flexibility index (Phi) is 11.6. The van der Waals surface area contributed by atoms with Crippen LogP contribution in [0.5, 0.6) is 0 Å². The van der Waals surface area contributed by atoms with Crippen LogP contribution in [0.2, 0.25) is 0 Å². The van der Waals surface area contributed by atoms with Crippen molar-refractivity contribution < 1.29 is 0 Å². The van der Waals surface area contributed by atoms with Gasteiger partial charge < -0.3 is 0 Å². The molecule has 13 aromatic rings. The Morgan fingerprint density at radius 3 is 0.875 bits per heavy atom. The van der Waals surface area contributed by atoms with Gasteiger partial charge in [-0.25, -0.2) is 9.97 Å². The summed E-state index contributed by atoms with van der Waals surface area (Å²) in [7, 11) is -5.37. The number of benzene rings is 12. The molecule has 0 amide bonds. The second kappa shape index (κ2) is 19.6. The first-order valence-electron chi connectivity index (χ1n) is 27.6. The van der Waals surface area contributed by atoms with Crippen molar-refractivity contribution in [3.05, 3.63) is 315 Å². The van der Waals surface area contributed by atoms with Crippen LogP contribution in [-0.2, 0) is 0 Å². The van der Waals surface area contributed by atoms with Crippen LogP contribution in [0.15, 0.2) is 315 Å². The first-order valence-corrected chi connectivity index (χ1v) is 31.6. The third-order valence-corrected chi connectivity index (χ3v) is 26.7. The molecule has 15 rings (SSSR count). The van der Waals surface area contributed by atoms with Gasteiger partial charge in [0.25, 0.3) is 0 Å². The summed E-state index contributed by atoms with van der Waals surface area (Å²) in [4.78, 5) is 10.7. The zero-order valence-corrected chi connectivity index (χ0v) is 45.9. The maximum absolute atomic E-state index is 5.44. The summed E-state index contributed by atoms with van der Waals surface area (Å²) in [6, 6.07) is 117. The predicted molar refractivity (Wildman–Crippen MR) is 340 cm³/mol. The first kappa shape index (κ1) is 47.4. The van der Waals surface area contributed by atoms with E-state index in [4.69, 9.17) is 9.97 Å². The van der Waals surface area contributed by atoms with E-state index in [0.29, 0.717) is 5.82 Å². The molecule has 0 atom stereocenters. The SMILES string of the molecule is c1ccc(-c2ccc(-c3cc(-c4cc(-c5ccc([Si]6(c7ccccc7)c7ccccc7-c7ccccc76)cc5)cc(-c5ccc([Si]6(c7ccccc7)c7ccccc7-c7ccccc76)cc5)c4)nc(-c4ccccc4)n3)cc2)cc1. The lowest BCUT2D eigenvalue weighted by Crippen LogP contribution is -2.72. The fourth-order valence-electron chi connectivity index (χ4n) is 13.3. The molecule has 1 aromatic heterocycles. The molecular formula is C76H52N2Si2. The third kappa shape index (κ3) is 7.67. The van der Waals surface area contributed by atoms with Gasteiger partial charge in [0.15, 0.2) is 22.0 Å². The monoisotopic (exact) mass is 1050 g/mol. The van der Waals surface area contributed by atoms with Gasteiger partial charge in [-0.3, -0.25) is 0 Å².